The summed E-state index contributed by atoms with van der Waals surface area (Å²) in [7, 11) is 2.12. The Hall–Kier alpha value is -0.510. The lowest BCUT2D eigenvalue weighted by molar-refractivity contribution is 0.334. The third-order valence-electron chi connectivity index (χ3n) is 3.05. The molecule has 2 nitrogen and oxygen atoms in total. The normalized spacial score (nSPS) is 15.9. The van der Waals surface area contributed by atoms with Crippen molar-refractivity contribution in [2.24, 2.45) is 0 Å². The molecule has 1 aliphatic heterocycles. The molecular formula is C12H13BrClNO. The van der Waals surface area contributed by atoms with E-state index in [-0.39, 0.29) is 17.0 Å². The molecule has 1 aliphatic rings. The Bertz CT molecular complexity index is 523. The average Bonchev–Trinajstić information content (AvgIpc) is 2.52. The van der Waals surface area contributed by atoms with Gasteiger partial charge in [-0.15, -0.1) is 17.0 Å². The van der Waals surface area contributed by atoms with Gasteiger partial charge in [-0.3, -0.25) is 0 Å². The predicted octanol–water partition coefficient (Wildman–Crippen LogP) is 3.65. The van der Waals surface area contributed by atoms with Crippen molar-refractivity contribution in [1.29, 1.82) is 0 Å². The van der Waals surface area contributed by atoms with Crippen molar-refractivity contribution in [3.05, 3.63) is 34.5 Å². The Morgan fingerprint density at radius 1 is 1.38 bits per heavy atom. The molecule has 0 amide bonds. The summed E-state index contributed by atoms with van der Waals surface area (Å²) in [5.41, 5.74) is 3.45. The molecule has 0 saturated heterocycles. The van der Waals surface area contributed by atoms with E-state index in [2.05, 4.69) is 11.9 Å². The van der Waals surface area contributed by atoms with E-state index >= 15 is 0 Å². The van der Waals surface area contributed by atoms with Gasteiger partial charge in [0, 0.05) is 29.1 Å². The SMILES string of the molecule is Br.CN1CCc2c(Cl)ccc3occ(c23)C1. The first-order valence-electron chi connectivity index (χ1n) is 5.11. The molecule has 0 atom stereocenters. The Morgan fingerprint density at radius 3 is 3.00 bits per heavy atom. The Kier molecular flexibility index (Phi) is 3.29. The standard InChI is InChI=1S/C12H12ClNO.BrH/c1-14-5-4-9-10(13)2-3-11-12(9)8(6-14)7-15-11;/h2-3,7H,4-6H2,1H3;1H. The third kappa shape index (κ3) is 1.77. The highest BCUT2D eigenvalue weighted by Crippen LogP contribution is 2.33. The summed E-state index contributed by atoms with van der Waals surface area (Å²) in [6, 6.07) is 3.88. The summed E-state index contributed by atoms with van der Waals surface area (Å²) in [4.78, 5) is 2.29. The molecule has 0 N–H and O–H groups in total. The van der Waals surface area contributed by atoms with Crippen LogP contribution in [0.3, 0.4) is 0 Å². The summed E-state index contributed by atoms with van der Waals surface area (Å²) in [6.45, 7) is 1.99. The van der Waals surface area contributed by atoms with Crippen molar-refractivity contribution in [3.63, 3.8) is 0 Å². The molecule has 0 unspecified atom stereocenters. The summed E-state index contributed by atoms with van der Waals surface area (Å²) in [5, 5.41) is 2.09. The van der Waals surface area contributed by atoms with E-state index < -0.39 is 0 Å². The zero-order valence-electron chi connectivity index (χ0n) is 9.00. The van der Waals surface area contributed by atoms with Gasteiger partial charge < -0.3 is 9.32 Å². The number of rotatable bonds is 0. The molecular weight excluding hydrogens is 289 g/mol. The van der Waals surface area contributed by atoms with Crippen LogP contribution in [0.5, 0.6) is 0 Å². The lowest BCUT2D eigenvalue weighted by Gasteiger charge is -2.11. The van der Waals surface area contributed by atoms with Crippen molar-refractivity contribution in [1.82, 2.24) is 4.90 Å². The number of benzene rings is 1. The number of hydrogen-bond acceptors (Lipinski definition) is 2. The second-order valence-electron chi connectivity index (χ2n) is 4.15. The Morgan fingerprint density at radius 2 is 2.19 bits per heavy atom. The van der Waals surface area contributed by atoms with Gasteiger partial charge in [-0.05, 0) is 31.2 Å². The summed E-state index contributed by atoms with van der Waals surface area (Å²) >= 11 is 6.23. The third-order valence-corrected chi connectivity index (χ3v) is 3.40. The molecule has 0 spiro atoms. The maximum atomic E-state index is 6.23. The van der Waals surface area contributed by atoms with Gasteiger partial charge in [0.25, 0.3) is 0 Å². The van der Waals surface area contributed by atoms with Crippen LogP contribution >= 0.6 is 28.6 Å². The fraction of sp³-hybridized carbons (Fsp3) is 0.333. The molecule has 0 bridgehead atoms. The van der Waals surface area contributed by atoms with Crippen LogP contribution < -0.4 is 0 Å². The summed E-state index contributed by atoms with van der Waals surface area (Å²) in [5.74, 6) is 0. The van der Waals surface area contributed by atoms with Crippen LogP contribution in [0.2, 0.25) is 5.02 Å². The monoisotopic (exact) mass is 301 g/mol. The lowest BCUT2D eigenvalue weighted by Crippen LogP contribution is -2.18. The number of hydrogen-bond donors (Lipinski definition) is 0. The van der Waals surface area contributed by atoms with E-state index in [1.165, 1.54) is 16.5 Å². The van der Waals surface area contributed by atoms with E-state index in [0.717, 1.165) is 30.1 Å². The van der Waals surface area contributed by atoms with Gasteiger partial charge in [0.1, 0.15) is 5.58 Å². The number of furan rings is 1. The van der Waals surface area contributed by atoms with Crippen LogP contribution in [0.4, 0.5) is 0 Å². The molecule has 86 valence electrons. The van der Waals surface area contributed by atoms with Gasteiger partial charge in [-0.2, -0.15) is 0 Å². The topological polar surface area (TPSA) is 16.4 Å². The van der Waals surface area contributed by atoms with Crippen LogP contribution in [-0.2, 0) is 13.0 Å². The smallest absolute Gasteiger partial charge is 0.134 e. The zero-order chi connectivity index (χ0) is 10.4. The van der Waals surface area contributed by atoms with Crippen molar-refractivity contribution < 1.29 is 4.42 Å². The van der Waals surface area contributed by atoms with Crippen LogP contribution in [0.15, 0.2) is 22.8 Å². The highest BCUT2D eigenvalue weighted by molar-refractivity contribution is 8.93. The quantitative estimate of drug-likeness (QED) is 0.738. The predicted molar refractivity (Wildman–Crippen MR) is 71.6 cm³/mol. The molecule has 0 saturated carbocycles. The first-order valence-corrected chi connectivity index (χ1v) is 5.49. The van der Waals surface area contributed by atoms with Crippen molar-refractivity contribution >= 4 is 39.6 Å². The number of nitrogens with zero attached hydrogens (tertiary/aromatic N) is 1. The molecule has 3 rings (SSSR count). The van der Waals surface area contributed by atoms with Gasteiger partial charge in [0.05, 0.1) is 6.26 Å². The van der Waals surface area contributed by atoms with E-state index in [0.29, 0.717) is 0 Å². The number of likely N-dealkylation sites (N-methyl/N-ethyl adjacent to an activating group) is 1. The molecule has 16 heavy (non-hydrogen) atoms. The average molecular weight is 303 g/mol. The molecule has 0 aliphatic carbocycles. The Labute approximate surface area is 110 Å². The lowest BCUT2D eigenvalue weighted by atomic mass is 10.1. The minimum absolute atomic E-state index is 0. The summed E-state index contributed by atoms with van der Waals surface area (Å²) in [6.07, 6.45) is 2.85. The highest BCUT2D eigenvalue weighted by Gasteiger charge is 2.18. The highest BCUT2D eigenvalue weighted by atomic mass is 79.9. The molecule has 4 heteroatoms. The second-order valence-corrected chi connectivity index (χ2v) is 4.55. The van der Waals surface area contributed by atoms with Gasteiger partial charge in [0.2, 0.25) is 0 Å². The van der Waals surface area contributed by atoms with Crippen LogP contribution in [0.1, 0.15) is 11.1 Å². The van der Waals surface area contributed by atoms with E-state index in [1.54, 1.807) is 0 Å². The van der Waals surface area contributed by atoms with Crippen LogP contribution in [-0.4, -0.2) is 18.5 Å². The summed E-state index contributed by atoms with van der Waals surface area (Å²) < 4.78 is 5.53. The molecule has 2 aromatic rings. The molecule has 1 aromatic carbocycles. The minimum Gasteiger partial charge on any atom is -0.464 e. The minimum atomic E-state index is 0. The molecule has 0 radical (unpaired) electrons. The van der Waals surface area contributed by atoms with Gasteiger partial charge in [-0.25, -0.2) is 0 Å². The largest absolute Gasteiger partial charge is 0.464 e. The molecule has 0 fully saturated rings. The maximum absolute atomic E-state index is 6.23. The van der Waals surface area contributed by atoms with Crippen molar-refractivity contribution in [3.8, 4) is 0 Å². The number of halogens is 2. The first kappa shape index (κ1) is 12.0. The molecule has 2 heterocycles. The fourth-order valence-electron chi connectivity index (χ4n) is 2.28. The first-order chi connectivity index (χ1) is 7.25. The maximum Gasteiger partial charge on any atom is 0.134 e. The van der Waals surface area contributed by atoms with E-state index in [9.17, 15) is 0 Å². The van der Waals surface area contributed by atoms with E-state index in [4.69, 9.17) is 16.0 Å². The second kappa shape index (κ2) is 4.40. The van der Waals surface area contributed by atoms with Crippen molar-refractivity contribution in [2.75, 3.05) is 13.6 Å². The van der Waals surface area contributed by atoms with Gasteiger partial charge >= 0.3 is 0 Å². The fourth-order valence-corrected chi connectivity index (χ4v) is 2.53. The van der Waals surface area contributed by atoms with Crippen molar-refractivity contribution in [2.45, 2.75) is 13.0 Å². The zero-order valence-corrected chi connectivity index (χ0v) is 11.5. The Balaban J connectivity index is 0.000000963. The van der Waals surface area contributed by atoms with E-state index in [1.807, 2.05) is 18.4 Å². The van der Waals surface area contributed by atoms with Crippen LogP contribution in [0, 0.1) is 0 Å². The van der Waals surface area contributed by atoms with Gasteiger partial charge in [0.15, 0.2) is 0 Å². The molecule has 1 aromatic heterocycles. The van der Waals surface area contributed by atoms with Gasteiger partial charge in [-0.1, -0.05) is 11.6 Å². The van der Waals surface area contributed by atoms with Crippen LogP contribution in [0.25, 0.3) is 11.0 Å².